The van der Waals surface area contributed by atoms with E-state index in [1.807, 2.05) is 6.92 Å². The highest BCUT2D eigenvalue weighted by Crippen LogP contribution is 2.25. The van der Waals surface area contributed by atoms with Crippen molar-refractivity contribution in [2.24, 2.45) is 0 Å². The highest BCUT2D eigenvalue weighted by molar-refractivity contribution is 6.31. The van der Waals surface area contributed by atoms with Crippen molar-refractivity contribution in [2.75, 3.05) is 16.0 Å². The molecule has 0 radical (unpaired) electrons. The van der Waals surface area contributed by atoms with Crippen molar-refractivity contribution in [2.45, 2.75) is 25.8 Å². The Bertz CT molecular complexity index is 1260. The van der Waals surface area contributed by atoms with Gasteiger partial charge in [-0.2, -0.15) is 0 Å². The lowest BCUT2D eigenvalue weighted by molar-refractivity contribution is -0.146. The van der Waals surface area contributed by atoms with E-state index in [2.05, 4.69) is 27.8 Å². The Morgan fingerprint density at radius 1 is 1.09 bits per heavy atom. The average molecular weight is 480 g/mol. The van der Waals surface area contributed by atoms with Gasteiger partial charge in [0.2, 0.25) is 5.91 Å². The largest absolute Gasteiger partial charge is 0.351 e. The molecule has 4 N–H and O–H groups in total. The van der Waals surface area contributed by atoms with E-state index in [1.165, 1.54) is 0 Å². The number of carbonyl (C=O) groups excluding carboxylic acids is 4. The summed E-state index contributed by atoms with van der Waals surface area (Å²) in [6.45, 7) is 5.57. The molecule has 2 aliphatic rings. The molecule has 0 saturated carbocycles. The molecule has 0 aliphatic carbocycles. The molecule has 0 aromatic heterocycles. The number of benzene rings is 2. The second-order valence-electron chi connectivity index (χ2n) is 7.97. The molecule has 2 heterocycles. The number of piperidine rings is 1. The summed E-state index contributed by atoms with van der Waals surface area (Å²) in [5.74, 6) is -1.59. The number of hydrogen-bond donors (Lipinski definition) is 4. The first-order valence-corrected chi connectivity index (χ1v) is 10.9. The first-order chi connectivity index (χ1) is 16.2. The predicted octanol–water partition coefficient (Wildman–Crippen LogP) is 3.75. The number of hydrogen-bond acceptors (Lipinski definition) is 5. The van der Waals surface area contributed by atoms with Crippen LogP contribution in [-0.4, -0.2) is 34.7 Å². The maximum atomic E-state index is 12.8. The molecule has 1 atom stereocenters. The molecule has 2 aromatic rings. The Kier molecular flexibility index (Phi) is 6.38. The van der Waals surface area contributed by atoms with Gasteiger partial charge in [-0.05, 0) is 55.7 Å². The minimum Gasteiger partial charge on any atom is -0.351 e. The van der Waals surface area contributed by atoms with Crippen LogP contribution in [0, 0.1) is 6.92 Å². The molecule has 0 spiro atoms. The van der Waals surface area contributed by atoms with Crippen LogP contribution in [0.2, 0.25) is 5.02 Å². The average Bonchev–Trinajstić information content (AvgIpc) is 3.04. The highest BCUT2D eigenvalue weighted by atomic mass is 35.5. The summed E-state index contributed by atoms with van der Waals surface area (Å²) in [5, 5.41) is 11.4. The van der Waals surface area contributed by atoms with Crippen molar-refractivity contribution in [3.8, 4) is 0 Å². The van der Waals surface area contributed by atoms with Crippen molar-refractivity contribution >= 4 is 52.4 Å². The number of allylic oxidation sites excluding steroid dienone is 1. The standard InChI is InChI=1S/C24H22ClN5O4/c1-13-6-8-17(11-18(13)25)29-24(34)28-16-5-3-4-15(10-16)27-19-12-21(31)30(23(19)33)20-9-7-14(2)26-22(20)32/h3-6,8,10-12,20,27H,2,7,9H2,1H3,(H,26,32)(H2,28,29,34). The fraction of sp³-hybridized carbons (Fsp3) is 0.167. The van der Waals surface area contributed by atoms with Crippen molar-refractivity contribution in [1.82, 2.24) is 10.2 Å². The number of amides is 5. The van der Waals surface area contributed by atoms with Gasteiger partial charge in [-0.15, -0.1) is 0 Å². The van der Waals surface area contributed by atoms with E-state index in [0.717, 1.165) is 16.5 Å². The third-order valence-corrected chi connectivity index (χ3v) is 5.82. The second kappa shape index (κ2) is 9.40. The number of halogens is 1. The van der Waals surface area contributed by atoms with E-state index in [9.17, 15) is 19.2 Å². The third kappa shape index (κ3) is 4.94. The number of rotatable bonds is 5. The molecule has 2 aromatic carbocycles. The molecule has 9 nitrogen and oxygen atoms in total. The SMILES string of the molecule is C=C1CCC(N2C(=O)C=C(Nc3cccc(NC(=O)Nc4ccc(C)c(Cl)c4)c3)C2=O)C(=O)N1. The van der Waals surface area contributed by atoms with Crippen molar-refractivity contribution in [3.63, 3.8) is 0 Å². The second-order valence-corrected chi connectivity index (χ2v) is 8.37. The lowest BCUT2D eigenvalue weighted by Gasteiger charge is -2.29. The Balaban J connectivity index is 1.40. The fourth-order valence-electron chi connectivity index (χ4n) is 3.67. The summed E-state index contributed by atoms with van der Waals surface area (Å²) in [6.07, 6.45) is 1.97. The van der Waals surface area contributed by atoms with Gasteiger partial charge in [0, 0.05) is 33.9 Å². The van der Waals surface area contributed by atoms with Gasteiger partial charge in [-0.1, -0.05) is 30.3 Å². The smallest absolute Gasteiger partial charge is 0.323 e. The molecular weight excluding hydrogens is 458 g/mol. The molecule has 10 heteroatoms. The van der Waals surface area contributed by atoms with E-state index in [4.69, 9.17) is 11.6 Å². The molecule has 1 saturated heterocycles. The number of nitrogens with one attached hydrogen (secondary N) is 4. The van der Waals surface area contributed by atoms with Crippen LogP contribution in [-0.2, 0) is 14.4 Å². The van der Waals surface area contributed by atoms with E-state index in [-0.39, 0.29) is 5.70 Å². The van der Waals surface area contributed by atoms with Crippen molar-refractivity contribution in [3.05, 3.63) is 77.1 Å². The first kappa shape index (κ1) is 23.1. The van der Waals surface area contributed by atoms with Gasteiger partial charge in [-0.25, -0.2) is 4.79 Å². The number of aryl methyl sites for hydroxylation is 1. The van der Waals surface area contributed by atoms with Gasteiger partial charge in [0.05, 0.1) is 0 Å². The molecule has 2 aliphatic heterocycles. The van der Waals surface area contributed by atoms with Gasteiger partial charge in [-0.3, -0.25) is 19.3 Å². The van der Waals surface area contributed by atoms with Crippen LogP contribution in [0.15, 0.2) is 66.5 Å². The van der Waals surface area contributed by atoms with Gasteiger partial charge in [0.1, 0.15) is 11.7 Å². The summed E-state index contributed by atoms with van der Waals surface area (Å²) < 4.78 is 0. The van der Waals surface area contributed by atoms with Gasteiger partial charge >= 0.3 is 6.03 Å². The number of urea groups is 1. The molecule has 5 amide bonds. The monoisotopic (exact) mass is 479 g/mol. The fourth-order valence-corrected chi connectivity index (χ4v) is 3.85. The van der Waals surface area contributed by atoms with Crippen LogP contribution >= 0.6 is 11.6 Å². The van der Waals surface area contributed by atoms with Crippen LogP contribution in [0.3, 0.4) is 0 Å². The zero-order valence-corrected chi connectivity index (χ0v) is 19.0. The number of nitrogens with zero attached hydrogens (tertiary/aromatic N) is 1. The van der Waals surface area contributed by atoms with Crippen LogP contribution in [0.5, 0.6) is 0 Å². The van der Waals surface area contributed by atoms with Gasteiger partial charge in [0.25, 0.3) is 11.8 Å². The summed E-state index contributed by atoms with van der Waals surface area (Å²) in [7, 11) is 0. The van der Waals surface area contributed by atoms with Crippen LogP contribution in [0.25, 0.3) is 0 Å². The van der Waals surface area contributed by atoms with Gasteiger partial charge < -0.3 is 21.3 Å². The van der Waals surface area contributed by atoms with E-state index < -0.39 is 29.8 Å². The number of carbonyl (C=O) groups is 4. The van der Waals surface area contributed by atoms with Crippen molar-refractivity contribution < 1.29 is 19.2 Å². The van der Waals surface area contributed by atoms with Crippen LogP contribution < -0.4 is 21.3 Å². The zero-order valence-electron chi connectivity index (χ0n) is 18.3. The molecular formula is C24H22ClN5O4. The molecule has 0 bridgehead atoms. The Hall–Kier alpha value is -4.11. The first-order valence-electron chi connectivity index (χ1n) is 10.5. The molecule has 34 heavy (non-hydrogen) atoms. The quantitative estimate of drug-likeness (QED) is 0.487. The van der Waals surface area contributed by atoms with Crippen molar-refractivity contribution in [1.29, 1.82) is 0 Å². The van der Waals surface area contributed by atoms with Crippen LogP contribution in [0.1, 0.15) is 18.4 Å². The summed E-state index contributed by atoms with van der Waals surface area (Å²) in [6, 6.07) is 10.5. The maximum absolute atomic E-state index is 12.8. The molecule has 1 unspecified atom stereocenters. The van der Waals surface area contributed by atoms with E-state index in [1.54, 1.807) is 42.5 Å². The Morgan fingerprint density at radius 2 is 1.79 bits per heavy atom. The molecule has 1 fully saturated rings. The lowest BCUT2D eigenvalue weighted by Crippen LogP contribution is -2.52. The number of anilines is 3. The maximum Gasteiger partial charge on any atom is 0.323 e. The normalized spacial score (nSPS) is 17.9. The summed E-state index contributed by atoms with van der Waals surface area (Å²) in [5.41, 5.74) is 2.97. The lowest BCUT2D eigenvalue weighted by atomic mass is 10.0. The van der Waals surface area contributed by atoms with E-state index in [0.29, 0.717) is 40.6 Å². The highest BCUT2D eigenvalue weighted by Gasteiger charge is 2.41. The van der Waals surface area contributed by atoms with Gasteiger partial charge in [0.15, 0.2) is 0 Å². The molecule has 174 valence electrons. The Morgan fingerprint density at radius 3 is 2.50 bits per heavy atom. The minimum atomic E-state index is -0.881. The third-order valence-electron chi connectivity index (χ3n) is 5.42. The molecule has 4 rings (SSSR count). The predicted molar refractivity (Wildman–Crippen MR) is 129 cm³/mol. The Labute approximate surface area is 200 Å². The summed E-state index contributed by atoms with van der Waals surface area (Å²) >= 11 is 6.09. The topological polar surface area (TPSA) is 120 Å². The zero-order chi connectivity index (χ0) is 24.4. The number of imide groups is 1. The summed E-state index contributed by atoms with van der Waals surface area (Å²) in [4.78, 5) is 50.9. The minimum absolute atomic E-state index is 0.0399. The van der Waals surface area contributed by atoms with E-state index >= 15 is 0 Å². The van der Waals surface area contributed by atoms with Crippen LogP contribution in [0.4, 0.5) is 21.9 Å².